The highest BCUT2D eigenvalue weighted by Gasteiger charge is 2.40. The van der Waals surface area contributed by atoms with E-state index in [1.807, 2.05) is 0 Å². The second kappa shape index (κ2) is 9.43. The van der Waals surface area contributed by atoms with Crippen LogP contribution in [0.25, 0.3) is 0 Å². The lowest BCUT2D eigenvalue weighted by Crippen LogP contribution is -2.47. The van der Waals surface area contributed by atoms with Gasteiger partial charge in [0.2, 0.25) is 5.91 Å². The summed E-state index contributed by atoms with van der Waals surface area (Å²) in [5.74, 6) is -0.883. The number of rotatable bonds is 7. The van der Waals surface area contributed by atoms with Crippen molar-refractivity contribution in [3.63, 3.8) is 0 Å². The summed E-state index contributed by atoms with van der Waals surface area (Å²) in [5.41, 5.74) is 0.487. The first-order valence-electron chi connectivity index (χ1n) is 9.34. The zero-order chi connectivity index (χ0) is 19.3. The van der Waals surface area contributed by atoms with Gasteiger partial charge in [0, 0.05) is 42.0 Å². The quantitative estimate of drug-likeness (QED) is 0.674. The number of hydrogen-bond donors (Lipinski definition) is 2. The summed E-state index contributed by atoms with van der Waals surface area (Å²) < 4.78 is 26.2. The minimum atomic E-state index is -0.442. The molecular formula is C19H26BrFN2O4. The Labute approximate surface area is 167 Å². The van der Waals surface area contributed by atoms with Crippen LogP contribution in [0.1, 0.15) is 31.2 Å². The second-order valence-corrected chi connectivity index (χ2v) is 8.04. The predicted molar refractivity (Wildman–Crippen MR) is 101 cm³/mol. The lowest BCUT2D eigenvalue weighted by atomic mass is 9.90. The van der Waals surface area contributed by atoms with Crippen molar-refractivity contribution in [2.24, 2.45) is 0 Å². The summed E-state index contributed by atoms with van der Waals surface area (Å²) in [6, 6.07) is 4.81. The molecule has 2 aliphatic rings. The van der Waals surface area contributed by atoms with Gasteiger partial charge >= 0.3 is 0 Å². The average Bonchev–Trinajstić information content (AvgIpc) is 3.09. The molecule has 3 rings (SSSR count). The molecule has 0 unspecified atom stereocenters. The maximum absolute atomic E-state index is 14.0. The van der Waals surface area contributed by atoms with Gasteiger partial charge in [0.05, 0.1) is 26.4 Å². The Balaban J connectivity index is 1.50. The van der Waals surface area contributed by atoms with Crippen molar-refractivity contribution in [3.8, 4) is 0 Å². The molecule has 2 fully saturated rings. The monoisotopic (exact) mass is 444 g/mol. The minimum absolute atomic E-state index is 0.0921. The molecule has 150 valence electrons. The molecular weight excluding hydrogens is 419 g/mol. The molecule has 2 N–H and O–H groups in total. The Morgan fingerprint density at radius 2 is 2.04 bits per heavy atom. The summed E-state index contributed by atoms with van der Waals surface area (Å²) in [6.45, 7) is 1.85. The molecule has 1 aliphatic heterocycles. The molecule has 1 aromatic carbocycles. The van der Waals surface area contributed by atoms with Crippen molar-refractivity contribution < 1.29 is 23.8 Å². The normalized spacial score (nSPS) is 19.7. The van der Waals surface area contributed by atoms with E-state index in [4.69, 9.17) is 9.47 Å². The van der Waals surface area contributed by atoms with E-state index in [0.29, 0.717) is 25.3 Å². The first kappa shape index (κ1) is 20.7. The first-order chi connectivity index (χ1) is 13.0. The van der Waals surface area contributed by atoms with E-state index in [1.165, 1.54) is 6.07 Å². The largest absolute Gasteiger partial charge is 0.395 e. The highest BCUT2D eigenvalue weighted by molar-refractivity contribution is 9.10. The minimum Gasteiger partial charge on any atom is -0.395 e. The van der Waals surface area contributed by atoms with E-state index in [-0.39, 0.29) is 37.5 Å². The van der Waals surface area contributed by atoms with E-state index in [1.54, 1.807) is 17.0 Å². The molecule has 0 radical (unpaired) electrons. The van der Waals surface area contributed by atoms with Gasteiger partial charge in [0.1, 0.15) is 5.82 Å². The SMILES string of the molecule is O=C(CN(CCO)Cc1cc(Br)ccc1F)NC1CCC2(CC1)OCCO2. The van der Waals surface area contributed by atoms with E-state index < -0.39 is 5.79 Å². The summed E-state index contributed by atoms with van der Waals surface area (Å²) >= 11 is 3.33. The van der Waals surface area contributed by atoms with Crippen LogP contribution in [-0.2, 0) is 20.8 Å². The van der Waals surface area contributed by atoms with Gasteiger partial charge in [-0.3, -0.25) is 9.69 Å². The lowest BCUT2D eigenvalue weighted by Gasteiger charge is -2.35. The molecule has 27 heavy (non-hydrogen) atoms. The molecule has 0 aromatic heterocycles. The number of hydrogen-bond acceptors (Lipinski definition) is 5. The first-order valence-corrected chi connectivity index (χ1v) is 10.1. The predicted octanol–water partition coefficient (Wildman–Crippen LogP) is 2.18. The van der Waals surface area contributed by atoms with Gasteiger partial charge in [0.15, 0.2) is 5.79 Å². The zero-order valence-electron chi connectivity index (χ0n) is 15.3. The number of carbonyl (C=O) groups excluding carboxylic acids is 1. The van der Waals surface area contributed by atoms with Crippen molar-refractivity contribution in [3.05, 3.63) is 34.1 Å². The fourth-order valence-electron chi connectivity index (χ4n) is 3.72. The van der Waals surface area contributed by atoms with Crippen LogP contribution in [0.2, 0.25) is 0 Å². The van der Waals surface area contributed by atoms with Gasteiger partial charge in [-0.05, 0) is 31.0 Å². The molecule has 8 heteroatoms. The van der Waals surface area contributed by atoms with Crippen LogP contribution in [0.5, 0.6) is 0 Å². The third-order valence-electron chi connectivity index (χ3n) is 5.11. The molecule has 0 atom stereocenters. The lowest BCUT2D eigenvalue weighted by molar-refractivity contribution is -0.180. The number of carbonyl (C=O) groups is 1. The standard InChI is InChI=1S/C19H26BrFN2O4/c20-15-1-2-17(21)14(11-15)12-23(7-8-24)13-18(25)22-16-3-5-19(6-4-16)26-9-10-27-19/h1-2,11,16,24H,3-10,12-13H2,(H,22,25). The smallest absolute Gasteiger partial charge is 0.234 e. The number of benzene rings is 1. The molecule has 1 spiro atoms. The van der Waals surface area contributed by atoms with Gasteiger partial charge in [-0.1, -0.05) is 15.9 Å². The van der Waals surface area contributed by atoms with Crippen LogP contribution < -0.4 is 5.32 Å². The van der Waals surface area contributed by atoms with Crippen molar-refractivity contribution in [2.45, 2.75) is 44.1 Å². The Morgan fingerprint density at radius 1 is 1.33 bits per heavy atom. The number of aliphatic hydroxyl groups is 1. The molecule has 1 amide bonds. The number of aliphatic hydroxyl groups excluding tert-OH is 1. The number of halogens is 2. The van der Waals surface area contributed by atoms with Gasteiger partial charge in [0.25, 0.3) is 0 Å². The highest BCUT2D eigenvalue weighted by Crippen LogP contribution is 2.35. The highest BCUT2D eigenvalue weighted by atomic mass is 79.9. The topological polar surface area (TPSA) is 71.0 Å². The van der Waals surface area contributed by atoms with E-state index in [2.05, 4.69) is 21.2 Å². The number of amides is 1. The molecule has 0 bridgehead atoms. The van der Waals surface area contributed by atoms with Crippen molar-refractivity contribution in [1.82, 2.24) is 10.2 Å². The molecule has 6 nitrogen and oxygen atoms in total. The van der Waals surface area contributed by atoms with Crippen LogP contribution in [-0.4, -0.2) is 60.7 Å². The summed E-state index contributed by atoms with van der Waals surface area (Å²) in [7, 11) is 0. The van der Waals surface area contributed by atoms with Gasteiger partial charge in [-0.25, -0.2) is 4.39 Å². The Hall–Kier alpha value is -1.06. The number of nitrogens with one attached hydrogen (secondary N) is 1. The molecule has 1 saturated carbocycles. The van der Waals surface area contributed by atoms with Gasteiger partial charge in [-0.15, -0.1) is 0 Å². The summed E-state index contributed by atoms with van der Waals surface area (Å²) in [4.78, 5) is 14.2. The van der Waals surface area contributed by atoms with E-state index >= 15 is 0 Å². The van der Waals surface area contributed by atoms with Crippen LogP contribution in [0.15, 0.2) is 22.7 Å². The second-order valence-electron chi connectivity index (χ2n) is 7.12. The fraction of sp³-hybridized carbons (Fsp3) is 0.632. The third kappa shape index (κ3) is 5.71. The van der Waals surface area contributed by atoms with Crippen molar-refractivity contribution in [1.29, 1.82) is 0 Å². The van der Waals surface area contributed by atoms with Gasteiger partial charge < -0.3 is 19.9 Å². The Kier molecular flexibility index (Phi) is 7.22. The number of ether oxygens (including phenoxy) is 2. The van der Waals surface area contributed by atoms with E-state index in [0.717, 1.165) is 30.2 Å². The van der Waals surface area contributed by atoms with Gasteiger partial charge in [-0.2, -0.15) is 0 Å². The zero-order valence-corrected chi connectivity index (χ0v) is 16.8. The van der Waals surface area contributed by atoms with Crippen LogP contribution in [0.3, 0.4) is 0 Å². The summed E-state index contributed by atoms with van der Waals surface area (Å²) in [6.07, 6.45) is 3.18. The molecule has 1 aliphatic carbocycles. The maximum atomic E-state index is 14.0. The number of nitrogens with zero attached hydrogens (tertiary/aromatic N) is 1. The third-order valence-corrected chi connectivity index (χ3v) is 5.60. The van der Waals surface area contributed by atoms with Crippen LogP contribution >= 0.6 is 15.9 Å². The van der Waals surface area contributed by atoms with Crippen LogP contribution in [0.4, 0.5) is 4.39 Å². The van der Waals surface area contributed by atoms with Crippen LogP contribution in [0, 0.1) is 5.82 Å². The Bertz CT molecular complexity index is 645. The maximum Gasteiger partial charge on any atom is 0.234 e. The van der Waals surface area contributed by atoms with Crippen molar-refractivity contribution in [2.75, 3.05) is 32.9 Å². The summed E-state index contributed by atoms with van der Waals surface area (Å²) in [5, 5.41) is 12.3. The molecule has 1 aromatic rings. The average molecular weight is 445 g/mol. The molecule has 1 saturated heterocycles. The Morgan fingerprint density at radius 3 is 2.70 bits per heavy atom. The fourth-order valence-corrected chi connectivity index (χ4v) is 4.13. The molecule has 1 heterocycles. The van der Waals surface area contributed by atoms with E-state index in [9.17, 15) is 14.3 Å². The van der Waals surface area contributed by atoms with Crippen molar-refractivity contribution >= 4 is 21.8 Å².